The molecule has 17 heavy (non-hydrogen) atoms. The average molecular weight is 248 g/mol. The Bertz CT molecular complexity index is 451. The van der Waals surface area contributed by atoms with Crippen molar-refractivity contribution in [2.75, 3.05) is 0 Å². The molecule has 0 saturated heterocycles. The van der Waals surface area contributed by atoms with Crippen molar-refractivity contribution in [1.29, 1.82) is 0 Å². The lowest BCUT2D eigenvalue weighted by atomic mass is 9.96. The van der Waals surface area contributed by atoms with Crippen LogP contribution in [0.2, 0.25) is 0 Å². The number of fused-ring (bicyclic) bond motifs is 1. The van der Waals surface area contributed by atoms with Gasteiger partial charge in [0.25, 0.3) is 0 Å². The van der Waals surface area contributed by atoms with E-state index in [-0.39, 0.29) is 17.4 Å². The second-order valence-corrected chi connectivity index (χ2v) is 4.34. The van der Waals surface area contributed by atoms with Crippen molar-refractivity contribution in [1.82, 2.24) is 0 Å². The number of halogens is 4. The maximum absolute atomic E-state index is 13.6. The van der Waals surface area contributed by atoms with Crippen LogP contribution in [-0.4, -0.2) is 6.10 Å². The van der Waals surface area contributed by atoms with E-state index < -0.39 is 17.6 Å². The molecule has 0 aliphatic carbocycles. The quantitative estimate of drug-likeness (QED) is 0.633. The topological polar surface area (TPSA) is 9.23 Å². The predicted molar refractivity (Wildman–Crippen MR) is 54.6 cm³/mol. The number of hydrogen-bond acceptors (Lipinski definition) is 1. The summed E-state index contributed by atoms with van der Waals surface area (Å²) in [6.45, 7) is 3.02. The molecule has 1 aliphatic rings. The van der Waals surface area contributed by atoms with Crippen molar-refractivity contribution >= 4 is 0 Å². The highest BCUT2D eigenvalue weighted by molar-refractivity contribution is 5.48. The van der Waals surface area contributed by atoms with Gasteiger partial charge in [-0.05, 0) is 43.9 Å². The fourth-order valence-corrected chi connectivity index (χ4v) is 2.04. The molecule has 1 unspecified atom stereocenters. The van der Waals surface area contributed by atoms with Crippen LogP contribution in [0.3, 0.4) is 0 Å². The highest BCUT2D eigenvalue weighted by atomic mass is 19.4. The zero-order valence-corrected chi connectivity index (χ0v) is 9.49. The Morgan fingerprint density at radius 1 is 1.35 bits per heavy atom. The summed E-state index contributed by atoms with van der Waals surface area (Å²) in [5, 5.41) is 0. The minimum Gasteiger partial charge on any atom is -0.490 e. The lowest BCUT2D eigenvalue weighted by Gasteiger charge is -2.27. The number of ether oxygens (including phenoxy) is 1. The molecule has 0 saturated carbocycles. The Labute approximate surface area is 96.4 Å². The van der Waals surface area contributed by atoms with E-state index in [1.165, 1.54) is 13.0 Å². The minimum atomic E-state index is -4.72. The maximum atomic E-state index is 13.6. The highest BCUT2D eigenvalue weighted by Gasteiger charge is 2.41. The second kappa shape index (κ2) is 3.89. The fourth-order valence-electron chi connectivity index (χ4n) is 2.04. The molecule has 2 rings (SSSR count). The van der Waals surface area contributed by atoms with E-state index in [4.69, 9.17) is 4.74 Å². The molecule has 1 heterocycles. The Hall–Kier alpha value is -1.26. The summed E-state index contributed by atoms with van der Waals surface area (Å²) in [5.41, 5.74) is -0.817. The molecule has 1 atom stereocenters. The fraction of sp³-hybridized carbons (Fsp3) is 0.500. The van der Waals surface area contributed by atoms with Crippen molar-refractivity contribution < 1.29 is 22.3 Å². The maximum Gasteiger partial charge on any atom is 0.422 e. The van der Waals surface area contributed by atoms with Gasteiger partial charge in [0.15, 0.2) is 0 Å². The third-order valence-corrected chi connectivity index (χ3v) is 2.90. The Morgan fingerprint density at radius 3 is 2.59 bits per heavy atom. The number of rotatable bonds is 0. The van der Waals surface area contributed by atoms with Crippen molar-refractivity contribution in [2.45, 2.75) is 39.0 Å². The normalized spacial score (nSPS) is 19.8. The molecule has 5 heteroatoms. The first-order valence-corrected chi connectivity index (χ1v) is 5.36. The minimum absolute atomic E-state index is 0.00854. The monoisotopic (exact) mass is 248 g/mol. The molecular formula is C12H12F4O. The van der Waals surface area contributed by atoms with Crippen LogP contribution in [-0.2, 0) is 12.6 Å². The van der Waals surface area contributed by atoms with E-state index in [0.29, 0.717) is 18.4 Å². The summed E-state index contributed by atoms with van der Waals surface area (Å²) in [7, 11) is 0. The van der Waals surface area contributed by atoms with E-state index in [1.807, 2.05) is 0 Å². The lowest BCUT2D eigenvalue weighted by Crippen LogP contribution is -2.23. The zero-order chi connectivity index (χ0) is 12.8. The van der Waals surface area contributed by atoms with Crippen LogP contribution in [0.4, 0.5) is 17.6 Å². The zero-order valence-electron chi connectivity index (χ0n) is 9.49. The molecule has 0 fully saturated rings. The van der Waals surface area contributed by atoms with E-state index in [1.54, 1.807) is 6.92 Å². The van der Waals surface area contributed by atoms with Gasteiger partial charge in [-0.2, -0.15) is 13.2 Å². The molecule has 0 amide bonds. The molecule has 1 aromatic rings. The first kappa shape index (κ1) is 12.2. The molecule has 1 aliphatic heterocycles. The summed E-state index contributed by atoms with van der Waals surface area (Å²) in [5.74, 6) is -1.57. The molecule has 1 aromatic carbocycles. The van der Waals surface area contributed by atoms with Crippen molar-refractivity contribution in [3.63, 3.8) is 0 Å². The van der Waals surface area contributed by atoms with Gasteiger partial charge in [-0.15, -0.1) is 0 Å². The number of aryl methyl sites for hydroxylation is 2. The highest BCUT2D eigenvalue weighted by Crippen LogP contribution is 2.43. The van der Waals surface area contributed by atoms with Crippen LogP contribution in [0.5, 0.6) is 5.75 Å². The van der Waals surface area contributed by atoms with Crippen LogP contribution in [0.25, 0.3) is 0 Å². The summed E-state index contributed by atoms with van der Waals surface area (Å²) in [6.07, 6.45) is -3.90. The predicted octanol–water partition coefficient (Wildman–Crippen LogP) is 3.87. The summed E-state index contributed by atoms with van der Waals surface area (Å²) < 4.78 is 57.2. The van der Waals surface area contributed by atoms with Gasteiger partial charge < -0.3 is 4.74 Å². The standard InChI is InChI=1S/C12H12F4O/c1-6-5-8-4-3-7(2)17-11(8)9(10(6)13)12(14,15)16/h5,7H,3-4H2,1-2H3. The molecular weight excluding hydrogens is 236 g/mol. The van der Waals surface area contributed by atoms with Gasteiger partial charge in [-0.1, -0.05) is 0 Å². The molecule has 0 N–H and O–H groups in total. The van der Waals surface area contributed by atoms with Gasteiger partial charge in [0, 0.05) is 0 Å². The van der Waals surface area contributed by atoms with Gasteiger partial charge in [0.05, 0.1) is 6.10 Å². The molecule has 0 radical (unpaired) electrons. The van der Waals surface area contributed by atoms with Gasteiger partial charge in [0.2, 0.25) is 0 Å². The van der Waals surface area contributed by atoms with Crippen LogP contribution in [0.1, 0.15) is 30.0 Å². The molecule has 0 spiro atoms. The molecule has 0 bridgehead atoms. The summed E-state index contributed by atoms with van der Waals surface area (Å²) in [6, 6.07) is 1.44. The Balaban J connectivity index is 2.67. The lowest BCUT2D eigenvalue weighted by molar-refractivity contribution is -0.142. The third-order valence-electron chi connectivity index (χ3n) is 2.90. The van der Waals surface area contributed by atoms with E-state index in [0.717, 1.165) is 0 Å². The molecule has 94 valence electrons. The van der Waals surface area contributed by atoms with Crippen LogP contribution < -0.4 is 4.74 Å². The Kier molecular flexibility index (Phi) is 2.79. The largest absolute Gasteiger partial charge is 0.490 e. The molecule has 0 aromatic heterocycles. The first-order valence-electron chi connectivity index (χ1n) is 5.36. The van der Waals surface area contributed by atoms with Crippen molar-refractivity contribution in [2.24, 2.45) is 0 Å². The van der Waals surface area contributed by atoms with Crippen LogP contribution >= 0.6 is 0 Å². The van der Waals surface area contributed by atoms with Crippen molar-refractivity contribution in [3.05, 3.63) is 28.6 Å². The van der Waals surface area contributed by atoms with Gasteiger partial charge in [0.1, 0.15) is 17.1 Å². The number of hydrogen-bond donors (Lipinski definition) is 0. The Morgan fingerprint density at radius 2 is 2.00 bits per heavy atom. The van der Waals surface area contributed by atoms with Gasteiger partial charge in [-0.3, -0.25) is 0 Å². The third kappa shape index (κ3) is 2.10. The van der Waals surface area contributed by atoms with E-state index in [2.05, 4.69) is 0 Å². The van der Waals surface area contributed by atoms with Gasteiger partial charge >= 0.3 is 6.18 Å². The second-order valence-electron chi connectivity index (χ2n) is 4.34. The van der Waals surface area contributed by atoms with Crippen LogP contribution in [0.15, 0.2) is 6.07 Å². The number of benzene rings is 1. The number of alkyl halides is 3. The molecule has 1 nitrogen and oxygen atoms in total. The smallest absolute Gasteiger partial charge is 0.422 e. The van der Waals surface area contributed by atoms with Crippen molar-refractivity contribution in [3.8, 4) is 5.75 Å². The van der Waals surface area contributed by atoms with E-state index in [9.17, 15) is 17.6 Å². The summed E-state index contributed by atoms with van der Waals surface area (Å²) >= 11 is 0. The SMILES string of the molecule is Cc1cc2c(c(C(F)(F)F)c1F)OC(C)CC2. The summed E-state index contributed by atoms with van der Waals surface area (Å²) in [4.78, 5) is 0. The first-order chi connectivity index (χ1) is 7.80. The van der Waals surface area contributed by atoms with Gasteiger partial charge in [-0.25, -0.2) is 4.39 Å². The average Bonchev–Trinajstić information content (AvgIpc) is 2.18. The van der Waals surface area contributed by atoms with Crippen LogP contribution in [0, 0.1) is 12.7 Å². The van der Waals surface area contributed by atoms with E-state index >= 15 is 0 Å².